The Morgan fingerprint density at radius 2 is 1.77 bits per heavy atom. The summed E-state index contributed by atoms with van der Waals surface area (Å²) in [6, 6.07) is 15.6. The van der Waals surface area contributed by atoms with Crippen LogP contribution in [0.4, 0.5) is 5.69 Å². The molecule has 1 saturated heterocycles. The first-order valence-corrected chi connectivity index (χ1v) is 12.3. The molecule has 0 bridgehead atoms. The lowest BCUT2D eigenvalue weighted by molar-refractivity contribution is 0.0729. The third kappa shape index (κ3) is 6.53. The Kier molecular flexibility index (Phi) is 8.06. The monoisotopic (exact) mass is 444 g/mol. The van der Waals surface area contributed by atoms with Gasteiger partial charge < -0.3 is 15.8 Å². The van der Waals surface area contributed by atoms with E-state index in [4.69, 9.17) is 10.5 Å². The summed E-state index contributed by atoms with van der Waals surface area (Å²) < 4.78 is 32.3. The second-order valence-corrected chi connectivity index (χ2v) is 9.76. The van der Waals surface area contributed by atoms with Crippen LogP contribution in [0.5, 0.6) is 0 Å². The Morgan fingerprint density at radius 1 is 1.13 bits per heavy atom. The van der Waals surface area contributed by atoms with E-state index in [0.717, 1.165) is 23.2 Å². The van der Waals surface area contributed by atoms with Gasteiger partial charge >= 0.3 is 0 Å². The number of benzene rings is 2. The van der Waals surface area contributed by atoms with Gasteiger partial charge in [-0.25, -0.2) is 13.4 Å². The first-order valence-electron chi connectivity index (χ1n) is 10.7. The fraction of sp³-hybridized carbons (Fsp3) is 0.435. The summed E-state index contributed by atoms with van der Waals surface area (Å²) in [4.78, 5) is 4.42. The summed E-state index contributed by atoms with van der Waals surface area (Å²) in [5.74, 6) is 0.760. The van der Waals surface area contributed by atoms with Crippen molar-refractivity contribution in [3.8, 4) is 0 Å². The Bertz CT molecular complexity index is 984. The van der Waals surface area contributed by atoms with E-state index < -0.39 is 10.0 Å². The van der Waals surface area contributed by atoms with Gasteiger partial charge in [0.05, 0.1) is 25.5 Å². The van der Waals surface area contributed by atoms with Gasteiger partial charge in [0.2, 0.25) is 10.0 Å². The van der Waals surface area contributed by atoms with Gasteiger partial charge in [-0.1, -0.05) is 50.2 Å². The first kappa shape index (κ1) is 23.2. The van der Waals surface area contributed by atoms with Crippen LogP contribution in [-0.2, 0) is 27.1 Å². The average molecular weight is 445 g/mol. The number of hydrogen-bond acceptors (Lipinski definition) is 4. The lowest BCUT2D eigenvalue weighted by Gasteiger charge is -2.26. The molecule has 2 aromatic carbocycles. The molecule has 0 aliphatic carbocycles. The SMILES string of the molecule is CCC(C)c1ccc(NC(N)=NCc2ccccc2CS(=O)(=O)N2CCOCC2)cc1. The van der Waals surface area contributed by atoms with Crippen molar-refractivity contribution in [3.05, 3.63) is 65.2 Å². The maximum absolute atomic E-state index is 12.8. The van der Waals surface area contributed by atoms with E-state index in [2.05, 4.69) is 36.3 Å². The molecule has 168 valence electrons. The Labute approximate surface area is 185 Å². The number of aliphatic imine (C=N–C) groups is 1. The van der Waals surface area contributed by atoms with Crippen molar-refractivity contribution in [1.82, 2.24) is 4.31 Å². The summed E-state index contributed by atoms with van der Waals surface area (Å²) in [5, 5.41) is 3.10. The molecule has 1 unspecified atom stereocenters. The predicted molar refractivity (Wildman–Crippen MR) is 126 cm³/mol. The molecule has 1 heterocycles. The number of morpholine rings is 1. The molecule has 0 spiro atoms. The first-order chi connectivity index (χ1) is 14.9. The van der Waals surface area contributed by atoms with Crippen LogP contribution in [0.15, 0.2) is 53.5 Å². The number of ether oxygens (including phenoxy) is 1. The van der Waals surface area contributed by atoms with E-state index >= 15 is 0 Å². The predicted octanol–water partition coefficient (Wildman–Crippen LogP) is 3.29. The van der Waals surface area contributed by atoms with Crippen molar-refractivity contribution >= 4 is 21.7 Å². The maximum atomic E-state index is 12.8. The van der Waals surface area contributed by atoms with E-state index in [1.807, 2.05) is 36.4 Å². The molecular formula is C23H32N4O3S. The highest BCUT2D eigenvalue weighted by Gasteiger charge is 2.25. The van der Waals surface area contributed by atoms with Crippen LogP contribution in [0.2, 0.25) is 0 Å². The number of nitrogens with zero attached hydrogens (tertiary/aromatic N) is 2. The van der Waals surface area contributed by atoms with Crippen molar-refractivity contribution in [2.45, 2.75) is 38.5 Å². The van der Waals surface area contributed by atoms with Crippen molar-refractivity contribution in [3.63, 3.8) is 0 Å². The van der Waals surface area contributed by atoms with Crippen molar-refractivity contribution in [1.29, 1.82) is 0 Å². The third-order valence-electron chi connectivity index (χ3n) is 5.60. The Hall–Kier alpha value is -2.42. The third-order valence-corrected chi connectivity index (χ3v) is 7.43. The van der Waals surface area contributed by atoms with E-state index in [1.165, 1.54) is 9.87 Å². The lowest BCUT2D eigenvalue weighted by atomic mass is 9.99. The number of anilines is 1. The molecule has 0 radical (unpaired) electrons. The van der Waals surface area contributed by atoms with Crippen LogP contribution in [0, 0.1) is 0 Å². The largest absolute Gasteiger partial charge is 0.379 e. The van der Waals surface area contributed by atoms with Gasteiger partial charge in [0.1, 0.15) is 0 Å². The highest BCUT2D eigenvalue weighted by Crippen LogP contribution is 2.21. The fourth-order valence-electron chi connectivity index (χ4n) is 3.45. The number of hydrogen-bond donors (Lipinski definition) is 2. The van der Waals surface area contributed by atoms with Crippen molar-refractivity contribution in [2.75, 3.05) is 31.6 Å². The van der Waals surface area contributed by atoms with Gasteiger partial charge in [-0.15, -0.1) is 0 Å². The van der Waals surface area contributed by atoms with Crippen LogP contribution in [-0.4, -0.2) is 45.0 Å². The minimum absolute atomic E-state index is 0.0525. The molecule has 1 aliphatic rings. The summed E-state index contributed by atoms with van der Waals surface area (Å²) in [6.45, 7) is 6.35. The molecule has 31 heavy (non-hydrogen) atoms. The van der Waals surface area contributed by atoms with Gasteiger partial charge in [0.15, 0.2) is 5.96 Å². The summed E-state index contributed by atoms with van der Waals surface area (Å²) in [7, 11) is -3.40. The molecule has 3 rings (SSSR count). The van der Waals surface area contributed by atoms with Crippen LogP contribution >= 0.6 is 0 Å². The topological polar surface area (TPSA) is 97.0 Å². The van der Waals surface area contributed by atoms with Gasteiger partial charge in [0, 0.05) is 18.8 Å². The minimum atomic E-state index is -3.40. The molecule has 0 aromatic heterocycles. The zero-order chi connectivity index (χ0) is 22.3. The summed E-state index contributed by atoms with van der Waals surface area (Å²) in [5.41, 5.74) is 9.82. The van der Waals surface area contributed by atoms with Crippen LogP contribution < -0.4 is 11.1 Å². The number of rotatable bonds is 8. The van der Waals surface area contributed by atoms with Crippen molar-refractivity contribution in [2.24, 2.45) is 10.7 Å². The molecular weight excluding hydrogens is 412 g/mol. The summed E-state index contributed by atoms with van der Waals surface area (Å²) >= 11 is 0. The number of sulfonamides is 1. The molecule has 1 atom stereocenters. The standard InChI is InChI=1S/C23H32N4O3S/c1-3-18(2)19-8-10-22(11-9-19)26-23(24)25-16-20-6-4-5-7-21(20)17-31(28,29)27-12-14-30-15-13-27/h4-11,18H,3,12-17H2,1-2H3,(H3,24,25,26). The smallest absolute Gasteiger partial charge is 0.218 e. The zero-order valence-electron chi connectivity index (χ0n) is 18.3. The highest BCUT2D eigenvalue weighted by molar-refractivity contribution is 7.88. The van der Waals surface area contributed by atoms with Crippen molar-refractivity contribution < 1.29 is 13.2 Å². The fourth-order valence-corrected chi connectivity index (χ4v) is 5.02. The summed E-state index contributed by atoms with van der Waals surface area (Å²) in [6.07, 6.45) is 1.09. The lowest BCUT2D eigenvalue weighted by Crippen LogP contribution is -2.41. The molecule has 2 aromatic rings. The Balaban J connectivity index is 1.65. The quantitative estimate of drug-likeness (QED) is 0.481. The van der Waals surface area contributed by atoms with Crippen LogP contribution in [0.25, 0.3) is 0 Å². The molecule has 7 nitrogen and oxygen atoms in total. The number of guanidine groups is 1. The molecule has 1 aliphatic heterocycles. The highest BCUT2D eigenvalue weighted by atomic mass is 32.2. The molecule has 0 saturated carbocycles. The second kappa shape index (κ2) is 10.7. The van der Waals surface area contributed by atoms with Crippen LogP contribution in [0.3, 0.4) is 0 Å². The number of nitrogens with one attached hydrogen (secondary N) is 1. The van der Waals surface area contributed by atoms with E-state index in [9.17, 15) is 8.42 Å². The van der Waals surface area contributed by atoms with Gasteiger partial charge in [-0.05, 0) is 41.2 Å². The normalized spacial score (nSPS) is 16.8. The molecule has 1 fully saturated rings. The minimum Gasteiger partial charge on any atom is -0.379 e. The van der Waals surface area contributed by atoms with E-state index in [0.29, 0.717) is 44.7 Å². The van der Waals surface area contributed by atoms with E-state index in [-0.39, 0.29) is 5.75 Å². The van der Waals surface area contributed by atoms with Gasteiger partial charge in [-0.2, -0.15) is 4.31 Å². The average Bonchev–Trinajstić information content (AvgIpc) is 2.79. The Morgan fingerprint density at radius 3 is 2.42 bits per heavy atom. The van der Waals surface area contributed by atoms with Crippen LogP contribution in [0.1, 0.15) is 42.9 Å². The van der Waals surface area contributed by atoms with E-state index in [1.54, 1.807) is 0 Å². The zero-order valence-corrected chi connectivity index (χ0v) is 19.1. The van der Waals surface area contributed by atoms with Gasteiger partial charge in [0.25, 0.3) is 0 Å². The molecule has 8 heteroatoms. The second-order valence-electron chi connectivity index (χ2n) is 7.79. The van der Waals surface area contributed by atoms with Gasteiger partial charge in [-0.3, -0.25) is 0 Å². The number of nitrogens with two attached hydrogens (primary N) is 1. The molecule has 0 amide bonds. The molecule has 3 N–H and O–H groups in total. The maximum Gasteiger partial charge on any atom is 0.218 e.